The predicted octanol–water partition coefficient (Wildman–Crippen LogP) is 1.68. The first-order valence-corrected chi connectivity index (χ1v) is 9.34. The highest BCUT2D eigenvalue weighted by Crippen LogP contribution is 2.39. The molecule has 0 aliphatic carbocycles. The van der Waals surface area contributed by atoms with Gasteiger partial charge in [0.2, 0.25) is 5.91 Å². The monoisotopic (exact) mass is 343 g/mol. The van der Waals surface area contributed by atoms with E-state index >= 15 is 0 Å². The highest BCUT2D eigenvalue weighted by molar-refractivity contribution is 7.95. The van der Waals surface area contributed by atoms with Gasteiger partial charge in [0.15, 0.2) is 0 Å². The van der Waals surface area contributed by atoms with Gasteiger partial charge in [0, 0.05) is 18.1 Å². The molecule has 2 aliphatic rings. The van der Waals surface area contributed by atoms with E-state index in [2.05, 4.69) is 11.9 Å². The Hall–Kier alpha value is -1.04. The summed E-state index contributed by atoms with van der Waals surface area (Å²) in [5.41, 5.74) is 0. The molecule has 0 saturated carbocycles. The lowest BCUT2D eigenvalue weighted by molar-refractivity contribution is -0.127. The van der Waals surface area contributed by atoms with Gasteiger partial charge in [-0.3, -0.25) is 9.46 Å². The summed E-state index contributed by atoms with van der Waals surface area (Å²) in [5, 5.41) is 2.87. The molecule has 2 heterocycles. The first-order chi connectivity index (χ1) is 10.6. The van der Waals surface area contributed by atoms with Crippen molar-refractivity contribution < 1.29 is 14.3 Å². The molecule has 1 N–H and O–H groups in total. The van der Waals surface area contributed by atoms with Gasteiger partial charge in [-0.25, -0.2) is 4.79 Å². The van der Waals surface area contributed by atoms with Crippen LogP contribution in [0.2, 0.25) is 0 Å². The fourth-order valence-corrected chi connectivity index (χ4v) is 4.56. The van der Waals surface area contributed by atoms with Gasteiger partial charge in [-0.1, -0.05) is 12.7 Å². The molecule has 6 nitrogen and oxygen atoms in total. The molecule has 0 aromatic rings. The molecule has 2 fully saturated rings. The van der Waals surface area contributed by atoms with Gasteiger partial charge < -0.3 is 15.0 Å². The van der Waals surface area contributed by atoms with Gasteiger partial charge in [-0.15, -0.1) is 0 Å². The number of nitrogens with one attached hydrogen (secondary N) is 1. The van der Waals surface area contributed by atoms with E-state index in [1.165, 1.54) is 0 Å². The maximum Gasteiger partial charge on any atom is 0.410 e. The summed E-state index contributed by atoms with van der Waals surface area (Å²) in [5.74, 6) is 0.0197. The molecule has 0 spiro atoms. The highest BCUT2D eigenvalue weighted by Gasteiger charge is 2.46. The number of rotatable bonds is 6. The molecule has 1 unspecified atom stereocenters. The second-order valence-corrected chi connectivity index (χ2v) is 6.72. The van der Waals surface area contributed by atoms with E-state index in [1.807, 2.05) is 4.90 Å². The van der Waals surface area contributed by atoms with Crippen LogP contribution in [0.5, 0.6) is 0 Å². The third-order valence-electron chi connectivity index (χ3n) is 4.26. The van der Waals surface area contributed by atoms with Gasteiger partial charge in [0.25, 0.3) is 0 Å². The molecule has 0 aromatic carbocycles. The summed E-state index contributed by atoms with van der Waals surface area (Å²) in [7, 11) is 2.30. The van der Waals surface area contributed by atoms with Crippen molar-refractivity contribution in [2.24, 2.45) is 0 Å². The van der Waals surface area contributed by atoms with E-state index in [-0.39, 0.29) is 36.7 Å². The number of hydrogen-bond donors (Lipinski definition) is 1. The van der Waals surface area contributed by atoms with E-state index in [0.29, 0.717) is 14.1 Å². The van der Waals surface area contributed by atoms with Crippen molar-refractivity contribution in [2.75, 3.05) is 20.2 Å². The largest absolute Gasteiger partial charge is 0.445 e. The molecular formula is C14H22N3O3PS. The van der Waals surface area contributed by atoms with Crippen molar-refractivity contribution in [1.29, 1.82) is 0 Å². The number of hydrogen-bond acceptors (Lipinski definition) is 5. The number of ether oxygens (including phenoxy) is 1. The third-order valence-corrected chi connectivity index (χ3v) is 5.51. The minimum Gasteiger partial charge on any atom is -0.445 e. The van der Waals surface area contributed by atoms with E-state index in [0.717, 1.165) is 25.7 Å². The quantitative estimate of drug-likeness (QED) is 0.587. The number of fused-ring (bicyclic) bond motifs is 2. The van der Waals surface area contributed by atoms with E-state index in [9.17, 15) is 9.59 Å². The second-order valence-electron chi connectivity index (χ2n) is 5.63. The number of carbonyl (C=O) groups is 2. The fraction of sp³-hybridized carbons (Fsp3) is 0.714. The number of likely N-dealkylation sites (N-methyl/N-ethyl adjacent to an activating group) is 1. The smallest absolute Gasteiger partial charge is 0.410 e. The zero-order chi connectivity index (χ0) is 16.1. The molecule has 2 amide bonds. The summed E-state index contributed by atoms with van der Waals surface area (Å²) < 4.78 is 6.92. The van der Waals surface area contributed by atoms with E-state index in [1.54, 1.807) is 17.8 Å². The Morgan fingerprint density at radius 1 is 1.45 bits per heavy atom. The summed E-state index contributed by atoms with van der Waals surface area (Å²) in [6.07, 6.45) is 4.78. The third kappa shape index (κ3) is 3.65. The molecule has 0 aromatic heterocycles. The van der Waals surface area contributed by atoms with E-state index in [4.69, 9.17) is 16.5 Å². The van der Waals surface area contributed by atoms with Crippen molar-refractivity contribution in [3.8, 4) is 0 Å². The minimum absolute atomic E-state index is 0.0197. The molecule has 2 rings (SSSR count). The van der Waals surface area contributed by atoms with Crippen molar-refractivity contribution in [3.63, 3.8) is 0 Å². The Balaban J connectivity index is 2.02. The van der Waals surface area contributed by atoms with Gasteiger partial charge in [0.05, 0.1) is 14.1 Å². The number of carbonyl (C=O) groups excluding carboxylic acids is 2. The van der Waals surface area contributed by atoms with Crippen molar-refractivity contribution in [1.82, 2.24) is 14.9 Å². The zero-order valence-corrected chi connectivity index (χ0v) is 14.4. The second kappa shape index (κ2) is 7.99. The van der Waals surface area contributed by atoms with Crippen LogP contribution >= 0.6 is 7.51 Å². The number of nitrogens with zero attached hydrogens (tertiary/aromatic N) is 2. The lowest BCUT2D eigenvalue weighted by Gasteiger charge is -2.40. The molecule has 8 heteroatoms. The maximum atomic E-state index is 12.1. The zero-order valence-electron chi connectivity index (χ0n) is 12.7. The molecule has 122 valence electrons. The first kappa shape index (κ1) is 17.3. The van der Waals surface area contributed by atoms with Crippen LogP contribution in [0.15, 0.2) is 12.7 Å². The number of piperidine rings is 1. The maximum absolute atomic E-state index is 12.1. The van der Waals surface area contributed by atoms with Crippen LogP contribution in [0.25, 0.3) is 0 Å². The molecule has 2 saturated heterocycles. The summed E-state index contributed by atoms with van der Waals surface area (Å²) in [6.45, 7) is 4.08. The normalized spacial score (nSPS) is 26.8. The SMILES string of the molecule is C=CCOC(=O)N1[C@@H]2CC[C@H]1CC(N(P=S)C(=O)CNC)C2. The van der Waals surface area contributed by atoms with Crippen LogP contribution in [0.1, 0.15) is 25.7 Å². The van der Waals surface area contributed by atoms with Gasteiger partial charge in [0.1, 0.15) is 6.61 Å². The molecule has 2 bridgehead atoms. The van der Waals surface area contributed by atoms with Gasteiger partial charge in [-0.2, -0.15) is 0 Å². The average molecular weight is 343 g/mol. The fourth-order valence-electron chi connectivity index (χ4n) is 3.40. The average Bonchev–Trinajstić information content (AvgIpc) is 2.77. The lowest BCUT2D eigenvalue weighted by atomic mass is 9.97. The first-order valence-electron chi connectivity index (χ1n) is 7.48. The minimum atomic E-state index is -0.269. The Morgan fingerprint density at radius 2 is 2.09 bits per heavy atom. The van der Waals surface area contributed by atoms with Crippen LogP contribution in [0.3, 0.4) is 0 Å². The van der Waals surface area contributed by atoms with Crippen LogP contribution in [-0.4, -0.2) is 59.9 Å². The summed E-state index contributed by atoms with van der Waals surface area (Å²) in [6, 6.07) is 0.395. The Labute approximate surface area is 137 Å². The summed E-state index contributed by atoms with van der Waals surface area (Å²) >= 11 is 5.11. The molecule has 22 heavy (non-hydrogen) atoms. The number of amides is 2. The molecular weight excluding hydrogens is 321 g/mol. The highest BCUT2D eigenvalue weighted by atomic mass is 32.4. The summed E-state index contributed by atoms with van der Waals surface area (Å²) in [4.78, 5) is 26.1. The lowest BCUT2D eigenvalue weighted by Crippen LogP contribution is -2.52. The Bertz CT molecular complexity index is 449. The van der Waals surface area contributed by atoms with Gasteiger partial charge >= 0.3 is 6.09 Å². The van der Waals surface area contributed by atoms with Crippen LogP contribution < -0.4 is 5.32 Å². The van der Waals surface area contributed by atoms with E-state index < -0.39 is 0 Å². The van der Waals surface area contributed by atoms with Gasteiger partial charge in [-0.05, 0) is 44.5 Å². The van der Waals surface area contributed by atoms with Crippen molar-refractivity contribution in [3.05, 3.63) is 12.7 Å². The van der Waals surface area contributed by atoms with Crippen molar-refractivity contribution in [2.45, 2.75) is 43.8 Å². The van der Waals surface area contributed by atoms with Crippen LogP contribution in [-0.2, 0) is 21.3 Å². The predicted molar refractivity (Wildman–Crippen MR) is 88.3 cm³/mol. The molecule has 3 atom stereocenters. The molecule has 0 radical (unpaired) electrons. The Kier molecular flexibility index (Phi) is 6.29. The topological polar surface area (TPSA) is 61.9 Å². The van der Waals surface area contributed by atoms with Crippen LogP contribution in [0.4, 0.5) is 4.79 Å². The molecule has 2 aliphatic heterocycles. The van der Waals surface area contributed by atoms with Crippen molar-refractivity contribution >= 4 is 31.3 Å². The van der Waals surface area contributed by atoms with Crippen LogP contribution in [0, 0.1) is 0 Å². The Morgan fingerprint density at radius 3 is 2.59 bits per heavy atom. The standard InChI is InChI=1S/C14H22N3O3PS/c1-3-6-20-14(19)16-10-4-5-11(16)8-12(7-10)17(21-22)13(18)9-15-2/h3,10-12,15H,1,4-9H2,2H3/t10-,11+,12?.